The zero-order valence-electron chi connectivity index (χ0n) is 21.4. The van der Waals surface area contributed by atoms with Crippen LogP contribution in [0.3, 0.4) is 0 Å². The summed E-state index contributed by atoms with van der Waals surface area (Å²) < 4.78 is 16.1. The van der Waals surface area contributed by atoms with Crippen LogP contribution in [0.15, 0.2) is 61.2 Å². The second kappa shape index (κ2) is 14.6. The molecule has 0 bridgehead atoms. The summed E-state index contributed by atoms with van der Waals surface area (Å²) >= 11 is 0. The van der Waals surface area contributed by atoms with Crippen molar-refractivity contribution in [3.8, 4) is 5.75 Å². The van der Waals surface area contributed by atoms with Gasteiger partial charge in [-0.15, -0.1) is 0 Å². The van der Waals surface area contributed by atoms with Crippen LogP contribution in [0.5, 0.6) is 5.75 Å². The van der Waals surface area contributed by atoms with Crippen LogP contribution in [0.1, 0.15) is 36.0 Å². The molecule has 0 saturated heterocycles. The number of carboxylic acids is 3. The molecule has 0 aliphatic rings. The summed E-state index contributed by atoms with van der Waals surface area (Å²) in [4.78, 5) is 36.7. The molecule has 0 fully saturated rings. The maximum absolute atomic E-state index is 14.1. The van der Waals surface area contributed by atoms with Gasteiger partial charge in [-0.1, -0.05) is 35.9 Å². The van der Waals surface area contributed by atoms with Crippen molar-refractivity contribution in [3.05, 3.63) is 83.7 Å². The lowest BCUT2D eigenvalue weighted by Gasteiger charge is -2.23. The number of aromatic nitrogens is 2. The zero-order valence-corrected chi connectivity index (χ0v) is 21.4. The Hall–Kier alpha value is -4.29. The number of aromatic hydroxyl groups is 1. The molecular formula is C27H32FN3O8. The van der Waals surface area contributed by atoms with Crippen LogP contribution >= 0.6 is 0 Å². The minimum absolute atomic E-state index is 0.194. The molecule has 12 heteroatoms. The second-order valence-corrected chi connectivity index (χ2v) is 9.07. The summed E-state index contributed by atoms with van der Waals surface area (Å²) in [6.45, 7) is 4.73. The Morgan fingerprint density at radius 3 is 2.21 bits per heavy atom. The van der Waals surface area contributed by atoms with Gasteiger partial charge >= 0.3 is 17.9 Å². The number of hydrogen-bond acceptors (Lipinski definition) is 7. The number of rotatable bonds is 13. The fourth-order valence-corrected chi connectivity index (χ4v) is 3.77. The van der Waals surface area contributed by atoms with Gasteiger partial charge in [0.1, 0.15) is 11.6 Å². The predicted octanol–water partition coefficient (Wildman–Crippen LogP) is 2.88. The molecular weight excluding hydrogens is 513 g/mol. The first-order valence-corrected chi connectivity index (χ1v) is 12.0. The third kappa shape index (κ3) is 10.5. The summed E-state index contributed by atoms with van der Waals surface area (Å²) in [5.74, 6) is -4.93. The number of phenols is 1. The van der Waals surface area contributed by atoms with Crippen molar-refractivity contribution in [1.82, 2.24) is 14.5 Å². The van der Waals surface area contributed by atoms with Gasteiger partial charge in [0.25, 0.3) is 0 Å². The standard InChI is InChI=1S/C21H24FN3O.C6H8O7/c1-17-7-8-21(26)19(13-17)15-25(11-4-10-24-12-9-23-16-24)14-18-5-2-3-6-20(18)22;7-3(8)1-6(13,5(11)12)2-4(9)10/h2-3,5-9,12-13,16,26H,4,10-11,14-15H2,1H3;13H,1-2H2,(H,7,8)(H,9,10)(H,11,12). The number of nitrogens with zero attached hydrogens (tertiary/aromatic N) is 3. The highest BCUT2D eigenvalue weighted by Crippen LogP contribution is 2.22. The predicted molar refractivity (Wildman–Crippen MR) is 137 cm³/mol. The summed E-state index contributed by atoms with van der Waals surface area (Å²) in [7, 11) is 0. The van der Waals surface area contributed by atoms with Crippen LogP contribution in [-0.4, -0.2) is 70.0 Å². The van der Waals surface area contributed by atoms with Crippen LogP contribution < -0.4 is 0 Å². The first-order valence-electron chi connectivity index (χ1n) is 12.0. The third-order valence-corrected chi connectivity index (χ3v) is 5.72. The Kier molecular flexibility index (Phi) is 11.6. The van der Waals surface area contributed by atoms with E-state index in [1.807, 2.05) is 42.0 Å². The van der Waals surface area contributed by atoms with Gasteiger partial charge in [-0.3, -0.25) is 14.5 Å². The molecule has 0 radical (unpaired) electrons. The quantitative estimate of drug-likeness (QED) is 0.215. The molecule has 3 rings (SSSR count). The Bertz CT molecular complexity index is 1230. The molecule has 39 heavy (non-hydrogen) atoms. The van der Waals surface area contributed by atoms with Crippen LogP contribution in [0.25, 0.3) is 0 Å². The topological polar surface area (TPSA) is 173 Å². The van der Waals surface area contributed by atoms with Crippen LogP contribution in [0.4, 0.5) is 4.39 Å². The van der Waals surface area contributed by atoms with Gasteiger partial charge in [0, 0.05) is 49.7 Å². The van der Waals surface area contributed by atoms with E-state index in [-0.39, 0.29) is 11.6 Å². The van der Waals surface area contributed by atoms with E-state index in [4.69, 9.17) is 20.4 Å². The molecule has 1 heterocycles. The van der Waals surface area contributed by atoms with Crippen molar-refractivity contribution in [3.63, 3.8) is 0 Å². The van der Waals surface area contributed by atoms with Gasteiger partial charge in [0.05, 0.1) is 19.2 Å². The molecule has 2 aromatic carbocycles. The summed E-state index contributed by atoms with van der Waals surface area (Å²) in [5, 5.41) is 44.0. The van der Waals surface area contributed by atoms with E-state index in [2.05, 4.69) is 9.88 Å². The largest absolute Gasteiger partial charge is 0.508 e. The third-order valence-electron chi connectivity index (χ3n) is 5.72. The number of hydrogen-bond donors (Lipinski definition) is 5. The molecule has 0 amide bonds. The Labute approximate surface area is 224 Å². The van der Waals surface area contributed by atoms with E-state index in [9.17, 15) is 23.9 Å². The molecule has 0 unspecified atom stereocenters. The van der Waals surface area contributed by atoms with Crippen LogP contribution in [0.2, 0.25) is 0 Å². The van der Waals surface area contributed by atoms with E-state index in [0.717, 1.165) is 30.6 Å². The number of phenolic OH excluding ortho intramolecular Hbond substituents is 1. The number of aliphatic carboxylic acids is 3. The van der Waals surface area contributed by atoms with Gasteiger partial charge in [-0.2, -0.15) is 0 Å². The monoisotopic (exact) mass is 545 g/mol. The zero-order chi connectivity index (χ0) is 29.0. The molecule has 0 saturated carbocycles. The van der Waals surface area contributed by atoms with Gasteiger partial charge in [0.2, 0.25) is 0 Å². The van der Waals surface area contributed by atoms with Crippen LogP contribution in [-0.2, 0) is 34.0 Å². The van der Waals surface area contributed by atoms with Gasteiger partial charge in [-0.25, -0.2) is 14.2 Å². The Balaban J connectivity index is 0.000000349. The van der Waals surface area contributed by atoms with Crippen molar-refractivity contribution < 1.29 is 44.3 Å². The molecule has 210 valence electrons. The summed E-state index contributed by atoms with van der Waals surface area (Å²) in [6, 6.07) is 12.5. The highest BCUT2D eigenvalue weighted by molar-refractivity contribution is 5.88. The van der Waals surface area contributed by atoms with Gasteiger partial charge in [0.15, 0.2) is 5.60 Å². The number of carbonyl (C=O) groups is 3. The highest BCUT2D eigenvalue weighted by atomic mass is 19.1. The maximum atomic E-state index is 14.1. The van der Waals surface area contributed by atoms with Gasteiger partial charge < -0.3 is 30.1 Å². The minimum Gasteiger partial charge on any atom is -0.508 e. The summed E-state index contributed by atoms with van der Waals surface area (Å²) in [6.07, 6.45) is 4.13. The van der Waals surface area contributed by atoms with Crippen molar-refractivity contribution in [2.45, 2.75) is 51.4 Å². The fourth-order valence-electron chi connectivity index (χ4n) is 3.77. The van der Waals surface area contributed by atoms with Gasteiger partial charge in [-0.05, 0) is 25.5 Å². The number of aliphatic hydroxyl groups is 1. The van der Waals surface area contributed by atoms with E-state index >= 15 is 0 Å². The van der Waals surface area contributed by atoms with Crippen LogP contribution in [0, 0.1) is 12.7 Å². The fraction of sp³-hybridized carbons (Fsp3) is 0.333. The number of aryl methyl sites for hydroxylation is 2. The Morgan fingerprint density at radius 2 is 1.64 bits per heavy atom. The number of benzene rings is 2. The smallest absolute Gasteiger partial charge is 0.336 e. The Morgan fingerprint density at radius 1 is 1.00 bits per heavy atom. The molecule has 0 atom stereocenters. The molecule has 1 aromatic heterocycles. The lowest BCUT2D eigenvalue weighted by atomic mass is 9.96. The molecule has 5 N–H and O–H groups in total. The SMILES string of the molecule is Cc1ccc(O)c(CN(CCCn2ccnc2)Cc2ccccc2F)c1.O=C(O)CC(O)(CC(=O)O)C(=O)O. The second-order valence-electron chi connectivity index (χ2n) is 9.07. The van der Waals surface area contributed by atoms with E-state index in [0.29, 0.717) is 18.7 Å². The van der Waals surface area contributed by atoms with Crippen molar-refractivity contribution in [2.24, 2.45) is 0 Å². The molecule has 0 aliphatic carbocycles. The lowest BCUT2D eigenvalue weighted by molar-refractivity contribution is -0.170. The number of carboxylic acid groups (broad SMARTS) is 3. The lowest BCUT2D eigenvalue weighted by Crippen LogP contribution is -2.42. The van der Waals surface area contributed by atoms with E-state index in [1.165, 1.54) is 6.07 Å². The van der Waals surface area contributed by atoms with Crippen molar-refractivity contribution in [2.75, 3.05) is 6.54 Å². The first-order chi connectivity index (χ1) is 18.4. The molecule has 3 aromatic rings. The summed E-state index contributed by atoms with van der Waals surface area (Å²) in [5.41, 5.74) is -0.106. The minimum atomic E-state index is -2.74. The van der Waals surface area contributed by atoms with E-state index in [1.54, 1.807) is 24.7 Å². The average molecular weight is 546 g/mol. The molecule has 11 nitrogen and oxygen atoms in total. The normalized spacial score (nSPS) is 11.1. The number of halogens is 1. The number of imidazole rings is 1. The highest BCUT2D eigenvalue weighted by Gasteiger charge is 2.40. The molecule has 0 spiro atoms. The van der Waals surface area contributed by atoms with Crippen molar-refractivity contribution >= 4 is 17.9 Å². The maximum Gasteiger partial charge on any atom is 0.336 e. The van der Waals surface area contributed by atoms with E-state index < -0.39 is 36.4 Å². The molecule has 0 aliphatic heterocycles. The average Bonchev–Trinajstić information content (AvgIpc) is 3.35. The van der Waals surface area contributed by atoms with Crippen molar-refractivity contribution in [1.29, 1.82) is 0 Å². The first kappa shape index (κ1) is 30.9.